The van der Waals surface area contributed by atoms with Crippen LogP contribution in [0.25, 0.3) is 0 Å². The Morgan fingerprint density at radius 3 is 2.69 bits per heavy atom. The molecule has 7 nitrogen and oxygen atoms in total. The number of hydrogen-bond acceptors (Lipinski definition) is 5. The molecule has 7 heteroatoms. The fourth-order valence-corrected chi connectivity index (χ4v) is 3.06. The fraction of sp³-hybridized carbons (Fsp3) is 0.318. The molecule has 1 aliphatic rings. The van der Waals surface area contributed by atoms with E-state index < -0.39 is 0 Å². The number of carbonyl (C=O) groups is 2. The van der Waals surface area contributed by atoms with Crippen LogP contribution in [0.3, 0.4) is 0 Å². The Balaban J connectivity index is 1.28. The van der Waals surface area contributed by atoms with Crippen molar-refractivity contribution in [1.29, 1.82) is 0 Å². The van der Waals surface area contributed by atoms with Crippen LogP contribution in [0.2, 0.25) is 0 Å². The molecule has 0 fully saturated rings. The van der Waals surface area contributed by atoms with Gasteiger partial charge in [0, 0.05) is 19.3 Å². The van der Waals surface area contributed by atoms with Gasteiger partial charge in [-0.1, -0.05) is 18.6 Å². The minimum absolute atomic E-state index is 0.0475. The van der Waals surface area contributed by atoms with E-state index in [0.717, 1.165) is 29.7 Å². The van der Waals surface area contributed by atoms with E-state index in [1.807, 2.05) is 18.2 Å². The normalized spacial score (nSPS) is 12.4. The summed E-state index contributed by atoms with van der Waals surface area (Å²) in [4.78, 5) is 23.7. The number of aromatic hydroxyl groups is 1. The average molecular weight is 395 g/mol. The highest BCUT2D eigenvalue weighted by atomic mass is 16.5. The van der Waals surface area contributed by atoms with Gasteiger partial charge in [-0.2, -0.15) is 5.10 Å². The number of fused-ring (bicyclic) bond motifs is 1. The van der Waals surface area contributed by atoms with Crippen LogP contribution in [0.4, 0.5) is 5.69 Å². The molecular formula is C22H25N3O4. The maximum atomic E-state index is 11.9. The summed E-state index contributed by atoms with van der Waals surface area (Å²) < 4.78 is 5.46. The average Bonchev–Trinajstić information content (AvgIpc) is 3.17. The molecule has 1 heterocycles. The van der Waals surface area contributed by atoms with Crippen LogP contribution < -0.4 is 15.5 Å². The molecule has 0 atom stereocenters. The molecule has 0 saturated carbocycles. The van der Waals surface area contributed by atoms with Crippen molar-refractivity contribution in [1.82, 2.24) is 5.43 Å². The lowest BCUT2D eigenvalue weighted by Crippen LogP contribution is -2.17. The van der Waals surface area contributed by atoms with E-state index in [9.17, 15) is 14.7 Å². The Labute approximate surface area is 169 Å². The van der Waals surface area contributed by atoms with Gasteiger partial charge in [0.05, 0.1) is 18.5 Å². The molecule has 0 saturated heterocycles. The first-order valence-corrected chi connectivity index (χ1v) is 9.77. The van der Waals surface area contributed by atoms with Gasteiger partial charge in [-0.3, -0.25) is 9.59 Å². The predicted molar refractivity (Wildman–Crippen MR) is 111 cm³/mol. The van der Waals surface area contributed by atoms with Crippen LogP contribution in [0.5, 0.6) is 11.5 Å². The number of hydrazone groups is 1. The number of amides is 2. The highest BCUT2D eigenvalue weighted by Crippen LogP contribution is 2.25. The predicted octanol–water partition coefficient (Wildman–Crippen LogP) is 3.37. The summed E-state index contributed by atoms with van der Waals surface area (Å²) in [6.45, 7) is 0.711. The number of carbonyl (C=O) groups excluding carboxylic acids is 2. The van der Waals surface area contributed by atoms with Gasteiger partial charge in [-0.05, 0) is 54.3 Å². The molecule has 0 radical (unpaired) electrons. The van der Waals surface area contributed by atoms with Crippen molar-refractivity contribution in [3.05, 3.63) is 53.6 Å². The quantitative estimate of drug-likeness (QED) is 0.262. The number of phenolic OH excluding ortho intramolecular Hbond substituents is 1. The summed E-state index contributed by atoms with van der Waals surface area (Å²) in [5.74, 6) is 0.663. The Kier molecular flexibility index (Phi) is 7.22. The number of ether oxygens (including phenoxy) is 1. The molecule has 1 aliphatic heterocycles. The molecule has 2 aromatic rings. The van der Waals surface area contributed by atoms with Crippen molar-refractivity contribution < 1.29 is 19.4 Å². The zero-order valence-corrected chi connectivity index (χ0v) is 16.2. The van der Waals surface area contributed by atoms with Gasteiger partial charge < -0.3 is 15.2 Å². The molecule has 2 aromatic carbocycles. The fourth-order valence-electron chi connectivity index (χ4n) is 3.06. The second kappa shape index (κ2) is 10.3. The van der Waals surface area contributed by atoms with Crippen molar-refractivity contribution in [2.24, 2.45) is 5.10 Å². The molecule has 0 bridgehead atoms. The Morgan fingerprint density at radius 1 is 1.07 bits per heavy atom. The van der Waals surface area contributed by atoms with Gasteiger partial charge >= 0.3 is 0 Å². The molecule has 0 aliphatic carbocycles. The van der Waals surface area contributed by atoms with Gasteiger partial charge in [0.15, 0.2) is 0 Å². The highest BCUT2D eigenvalue weighted by molar-refractivity contribution is 5.92. The number of rotatable bonds is 9. The monoisotopic (exact) mass is 395 g/mol. The third kappa shape index (κ3) is 6.34. The molecular weight excluding hydrogens is 370 g/mol. The van der Waals surface area contributed by atoms with Crippen molar-refractivity contribution in [3.8, 4) is 11.5 Å². The largest absolute Gasteiger partial charge is 0.506 e. The number of hydrogen-bond donors (Lipinski definition) is 3. The van der Waals surface area contributed by atoms with Gasteiger partial charge in [0.2, 0.25) is 11.8 Å². The second-order valence-electron chi connectivity index (χ2n) is 6.88. The van der Waals surface area contributed by atoms with Gasteiger partial charge in [0.25, 0.3) is 0 Å². The third-order valence-electron chi connectivity index (χ3n) is 4.60. The lowest BCUT2D eigenvalue weighted by atomic mass is 10.1. The molecule has 2 amide bonds. The molecule has 0 unspecified atom stereocenters. The molecule has 29 heavy (non-hydrogen) atoms. The number of unbranched alkanes of at least 4 members (excludes halogenated alkanes) is 2. The lowest BCUT2D eigenvalue weighted by Gasteiger charge is -2.06. The number of nitrogens with one attached hydrogen (secondary N) is 2. The number of para-hydroxylation sites is 2. The van der Waals surface area contributed by atoms with Crippen molar-refractivity contribution in [3.63, 3.8) is 0 Å². The van der Waals surface area contributed by atoms with Crippen LogP contribution in [0.15, 0.2) is 47.6 Å². The standard InChI is InChI=1S/C22H25N3O4/c26-19-7-5-4-6-18(19)24-21(27)8-2-1-3-9-22(28)25-23-15-16-10-11-20-17(14-16)12-13-29-20/h4-7,10-11,14-15,26H,1-3,8-9,12-13H2,(H,24,27)(H,25,28)/b23-15+. The summed E-state index contributed by atoms with van der Waals surface area (Å²) in [5.41, 5.74) is 5.02. The van der Waals surface area contributed by atoms with Gasteiger partial charge in [-0.25, -0.2) is 5.43 Å². The van der Waals surface area contributed by atoms with E-state index >= 15 is 0 Å². The van der Waals surface area contributed by atoms with E-state index in [-0.39, 0.29) is 17.6 Å². The van der Waals surface area contributed by atoms with Crippen molar-refractivity contribution >= 4 is 23.7 Å². The summed E-state index contributed by atoms with van der Waals surface area (Å²) in [6.07, 6.45) is 5.34. The Morgan fingerprint density at radius 2 is 1.86 bits per heavy atom. The first-order chi connectivity index (χ1) is 14.1. The summed E-state index contributed by atoms with van der Waals surface area (Å²) >= 11 is 0. The summed E-state index contributed by atoms with van der Waals surface area (Å²) in [7, 11) is 0. The van der Waals surface area contributed by atoms with Crippen molar-refractivity contribution in [2.45, 2.75) is 38.5 Å². The summed E-state index contributed by atoms with van der Waals surface area (Å²) in [6, 6.07) is 12.4. The number of anilines is 1. The second-order valence-corrected chi connectivity index (χ2v) is 6.88. The maximum absolute atomic E-state index is 11.9. The molecule has 3 N–H and O–H groups in total. The van der Waals surface area contributed by atoms with E-state index in [2.05, 4.69) is 15.8 Å². The molecule has 3 rings (SSSR count). The third-order valence-corrected chi connectivity index (χ3v) is 4.60. The minimum atomic E-state index is -0.153. The summed E-state index contributed by atoms with van der Waals surface area (Å²) in [5, 5.41) is 16.3. The smallest absolute Gasteiger partial charge is 0.240 e. The Hall–Kier alpha value is -3.35. The van der Waals surface area contributed by atoms with E-state index in [4.69, 9.17) is 4.74 Å². The highest BCUT2D eigenvalue weighted by Gasteiger charge is 2.11. The zero-order chi connectivity index (χ0) is 20.5. The molecule has 0 spiro atoms. The number of nitrogens with zero attached hydrogens (tertiary/aromatic N) is 1. The molecule has 152 valence electrons. The molecule has 0 aromatic heterocycles. The Bertz CT molecular complexity index is 895. The maximum Gasteiger partial charge on any atom is 0.240 e. The SMILES string of the molecule is O=C(CCCCCC(=O)Nc1ccccc1O)N/N=C/c1ccc2c(c1)CCO2. The zero-order valence-electron chi connectivity index (χ0n) is 16.2. The van der Waals surface area contributed by atoms with Gasteiger partial charge in [-0.15, -0.1) is 0 Å². The topological polar surface area (TPSA) is 100 Å². The lowest BCUT2D eigenvalue weighted by molar-refractivity contribution is -0.121. The first-order valence-electron chi connectivity index (χ1n) is 9.77. The minimum Gasteiger partial charge on any atom is -0.506 e. The van der Waals surface area contributed by atoms with Gasteiger partial charge in [0.1, 0.15) is 11.5 Å². The van der Waals surface area contributed by atoms with E-state index in [0.29, 0.717) is 38.0 Å². The van der Waals surface area contributed by atoms with E-state index in [1.165, 1.54) is 6.07 Å². The van der Waals surface area contributed by atoms with Crippen LogP contribution >= 0.6 is 0 Å². The number of benzene rings is 2. The van der Waals surface area contributed by atoms with Crippen LogP contribution in [-0.2, 0) is 16.0 Å². The van der Waals surface area contributed by atoms with Crippen LogP contribution in [-0.4, -0.2) is 29.7 Å². The first kappa shape index (κ1) is 20.4. The van der Waals surface area contributed by atoms with Crippen LogP contribution in [0, 0.1) is 0 Å². The number of phenols is 1. The van der Waals surface area contributed by atoms with Crippen molar-refractivity contribution in [2.75, 3.05) is 11.9 Å². The van der Waals surface area contributed by atoms with Crippen LogP contribution in [0.1, 0.15) is 43.2 Å². The van der Waals surface area contributed by atoms with E-state index in [1.54, 1.807) is 24.4 Å².